The van der Waals surface area contributed by atoms with Gasteiger partial charge in [-0.15, -0.1) is 0 Å². The van der Waals surface area contributed by atoms with Gasteiger partial charge in [0, 0.05) is 17.7 Å². The van der Waals surface area contributed by atoms with Crippen molar-refractivity contribution in [3.05, 3.63) is 208 Å². The molecule has 0 fully saturated rings. The van der Waals surface area contributed by atoms with Gasteiger partial charge in [0.1, 0.15) is 6.15 Å². The highest BCUT2D eigenvalue weighted by Gasteiger charge is 2.47. The number of pyridine rings is 1. The van der Waals surface area contributed by atoms with E-state index in [4.69, 9.17) is 0 Å². The minimum atomic E-state index is -6.13. The number of aromatic nitrogens is 1. The maximum absolute atomic E-state index is 14.2. The second-order valence-corrected chi connectivity index (χ2v) is 18.4. The van der Waals surface area contributed by atoms with E-state index in [-0.39, 0.29) is 0 Å². The van der Waals surface area contributed by atoms with Crippen LogP contribution < -0.4 is 26.4 Å². The predicted molar refractivity (Wildman–Crippen MR) is 246 cm³/mol. The molecule has 1 nitrogen and oxygen atoms in total. The summed E-state index contributed by atoms with van der Waals surface area (Å²) in [6.07, 6.45) is -50.6. The molecule has 0 N–H and O–H groups in total. The van der Waals surface area contributed by atoms with Crippen molar-refractivity contribution in [3.63, 3.8) is 0 Å². The predicted octanol–water partition coefficient (Wildman–Crippen LogP) is 16.1. The highest BCUT2D eigenvalue weighted by molar-refractivity contribution is 7.20. The molecule has 0 atom stereocenters. The minimum absolute atomic E-state index is 0.691. The lowest BCUT2D eigenvalue weighted by molar-refractivity contribution is -0.688. The molecule has 0 spiro atoms. The highest BCUT2D eigenvalue weighted by atomic mass is 19.4. The molecular formula is C54H28BF24N. The van der Waals surface area contributed by atoms with E-state index in [0.29, 0.717) is 0 Å². The van der Waals surface area contributed by atoms with Crippen LogP contribution in [-0.2, 0) is 56.0 Å². The fourth-order valence-corrected chi connectivity index (χ4v) is 9.74. The Hall–Kier alpha value is -7.67. The normalized spacial score (nSPS) is 13.6. The third-order valence-corrected chi connectivity index (χ3v) is 13.2. The molecule has 9 rings (SSSR count). The Morgan fingerprint density at radius 2 is 0.537 bits per heavy atom. The molecule has 80 heavy (non-hydrogen) atoms. The molecule has 8 aromatic carbocycles. The quantitative estimate of drug-likeness (QED) is 0.0676. The van der Waals surface area contributed by atoms with Gasteiger partial charge < -0.3 is 0 Å². The minimum Gasteiger partial charge on any atom is -0.201 e. The second kappa shape index (κ2) is 19.8. The van der Waals surface area contributed by atoms with Gasteiger partial charge in [-0.2, -0.15) is 127 Å². The zero-order chi connectivity index (χ0) is 59.1. The van der Waals surface area contributed by atoms with Gasteiger partial charge in [-0.05, 0) is 56.6 Å². The van der Waals surface area contributed by atoms with Crippen molar-refractivity contribution in [2.24, 2.45) is 0 Å². The van der Waals surface area contributed by atoms with E-state index >= 15 is 0 Å². The molecule has 0 radical (unpaired) electrons. The molecule has 0 aliphatic carbocycles. The topological polar surface area (TPSA) is 3.88 Å². The van der Waals surface area contributed by atoms with Crippen molar-refractivity contribution in [3.8, 4) is 0 Å². The Labute approximate surface area is 433 Å². The van der Waals surface area contributed by atoms with Crippen LogP contribution in [0.5, 0.6) is 0 Å². The Bertz CT molecular complexity index is 3290. The summed E-state index contributed by atoms with van der Waals surface area (Å²) < 4.78 is 343. The third kappa shape index (κ3) is 11.8. The van der Waals surface area contributed by atoms with Crippen molar-refractivity contribution in [1.29, 1.82) is 0 Å². The number of alkyl halides is 24. The first kappa shape index (κ1) is 58.5. The first-order valence-electron chi connectivity index (χ1n) is 22.6. The average Bonchev–Trinajstić information content (AvgIpc) is 3.48. The Morgan fingerprint density at radius 1 is 0.275 bits per heavy atom. The monoisotopic (exact) mass is 1160 g/mol. The maximum atomic E-state index is 14.2. The van der Waals surface area contributed by atoms with Crippen LogP contribution in [0.1, 0.15) is 50.1 Å². The summed E-state index contributed by atoms with van der Waals surface area (Å²) in [7, 11) is 0. The number of benzene rings is 8. The number of rotatable bonds is 6. The number of hydrogen-bond donors (Lipinski definition) is 0. The Kier molecular flexibility index (Phi) is 14.5. The molecule has 0 saturated carbocycles. The lowest BCUT2D eigenvalue weighted by Gasteiger charge is -2.46. The van der Waals surface area contributed by atoms with Gasteiger partial charge in [-0.25, -0.2) is 4.57 Å². The van der Waals surface area contributed by atoms with Crippen LogP contribution in [0.2, 0.25) is 0 Å². The molecule has 420 valence electrons. The van der Waals surface area contributed by atoms with Crippen LogP contribution in [-0.4, -0.2) is 6.15 Å². The molecule has 9 aromatic rings. The molecule has 0 aliphatic heterocycles. The molecule has 26 heteroatoms. The molecule has 1 heterocycles. The van der Waals surface area contributed by atoms with Gasteiger partial charge in [0.2, 0.25) is 0 Å². The summed E-state index contributed by atoms with van der Waals surface area (Å²) in [5.74, 6) is 0. The molecular weight excluding hydrogens is 1130 g/mol. The van der Waals surface area contributed by atoms with Crippen LogP contribution in [0.25, 0.3) is 32.3 Å². The van der Waals surface area contributed by atoms with Crippen LogP contribution in [0.15, 0.2) is 158 Å². The molecule has 0 aliphatic rings. The van der Waals surface area contributed by atoms with Gasteiger partial charge in [0.15, 0.2) is 18.9 Å². The van der Waals surface area contributed by atoms with E-state index in [0.717, 1.165) is 6.54 Å². The lowest BCUT2D eigenvalue weighted by Crippen LogP contribution is -2.75. The maximum Gasteiger partial charge on any atom is 0.416 e. The van der Waals surface area contributed by atoms with E-state index in [9.17, 15) is 105 Å². The Balaban J connectivity index is 0.000000298. The third-order valence-electron chi connectivity index (χ3n) is 13.2. The summed E-state index contributed by atoms with van der Waals surface area (Å²) in [5.41, 5.74) is -28.8. The summed E-state index contributed by atoms with van der Waals surface area (Å²) in [6.45, 7) is 0.898. The first-order valence-corrected chi connectivity index (χ1v) is 22.6. The van der Waals surface area contributed by atoms with E-state index in [1.54, 1.807) is 0 Å². The van der Waals surface area contributed by atoms with Crippen LogP contribution >= 0.6 is 0 Å². The summed E-state index contributed by atoms with van der Waals surface area (Å²) >= 11 is 0. The van der Waals surface area contributed by atoms with Gasteiger partial charge in [0.25, 0.3) is 0 Å². The number of halogens is 24. The number of nitrogens with zero attached hydrogens (tertiary/aromatic N) is 1. The highest BCUT2D eigenvalue weighted by Crippen LogP contribution is 2.42. The van der Waals surface area contributed by atoms with Gasteiger partial charge >= 0.3 is 49.4 Å². The zero-order valence-corrected chi connectivity index (χ0v) is 39.3. The van der Waals surface area contributed by atoms with Crippen molar-refractivity contribution in [1.82, 2.24) is 0 Å². The first-order chi connectivity index (χ1) is 36.7. The smallest absolute Gasteiger partial charge is 0.201 e. The van der Waals surface area contributed by atoms with E-state index in [2.05, 4.69) is 89.8 Å². The van der Waals surface area contributed by atoms with E-state index in [1.165, 1.54) is 37.9 Å². The van der Waals surface area contributed by atoms with Crippen molar-refractivity contribution >= 4 is 60.3 Å². The molecule has 1 aromatic heterocycles. The Morgan fingerprint density at radius 3 is 0.825 bits per heavy atom. The van der Waals surface area contributed by atoms with Crippen molar-refractivity contribution < 1.29 is 110 Å². The standard InChI is InChI=1S/C32H12BF24.C22H16N/c34-25(35,36)13-1-14(26(37,38)39)6-21(5-13)33(22-7-15(27(40,41)42)2-16(8-22)28(43,44)45,23-9-17(29(46,47)48)3-18(10-23)30(49,50)51)24-11-19(31(52,53)54)4-20(12-24)32(55,56)57;1-2-13-23(14-3-1)15-19-10-9-18-8-7-16-5-4-6-17-11-12-20(19)22(18)21(16)17/h1-12H;1-14H,15H2/q-1;+1. The molecule has 0 amide bonds. The molecule has 0 saturated heterocycles. The summed E-state index contributed by atoms with van der Waals surface area (Å²) in [5, 5.41) is 8.13. The molecule has 0 bridgehead atoms. The zero-order valence-electron chi connectivity index (χ0n) is 39.3. The van der Waals surface area contributed by atoms with Gasteiger partial charge in [0.05, 0.1) is 44.5 Å². The summed E-state index contributed by atoms with van der Waals surface area (Å²) in [6, 6.07) is 17.5. The largest absolute Gasteiger partial charge is 0.416 e. The van der Waals surface area contributed by atoms with Crippen LogP contribution in [0.3, 0.4) is 0 Å². The van der Waals surface area contributed by atoms with Gasteiger partial charge in [-0.3, -0.25) is 0 Å². The summed E-state index contributed by atoms with van der Waals surface area (Å²) in [4.78, 5) is 0. The fraction of sp³-hybridized carbons (Fsp3) is 0.167. The van der Waals surface area contributed by atoms with E-state index < -0.39 is 195 Å². The second-order valence-electron chi connectivity index (χ2n) is 18.4. The fourth-order valence-electron chi connectivity index (χ4n) is 9.74. The van der Waals surface area contributed by atoms with Gasteiger partial charge in [-0.1, -0.05) is 109 Å². The van der Waals surface area contributed by atoms with Crippen LogP contribution in [0, 0.1) is 0 Å². The lowest BCUT2D eigenvalue weighted by atomic mass is 9.12. The van der Waals surface area contributed by atoms with E-state index in [1.807, 2.05) is 0 Å². The molecule has 0 unspecified atom stereocenters. The SMILES string of the molecule is FC(F)(F)c1cc([B-](c2cc(C(F)(F)F)cc(C(F)(F)F)c2)(c2cc(C(F)(F)F)cc(C(F)(F)F)c2)c2cc(C(F)(F)F)cc(C(F)(F)F)c2)cc(C(F)(F)F)c1.c1cc[n+](Cc2ccc3ccc4cccc5ccc2c3c45)cc1. The average molecular weight is 1160 g/mol. The number of hydrogen-bond acceptors (Lipinski definition) is 0. The van der Waals surface area contributed by atoms with Crippen LogP contribution in [0.4, 0.5) is 105 Å². The van der Waals surface area contributed by atoms with Crippen molar-refractivity contribution in [2.75, 3.05) is 0 Å². The van der Waals surface area contributed by atoms with Crippen molar-refractivity contribution in [2.45, 2.75) is 56.0 Å².